The average molecular weight is 316 g/mol. The van der Waals surface area contributed by atoms with E-state index in [1.165, 1.54) is 18.2 Å². The van der Waals surface area contributed by atoms with Crippen LogP contribution in [0.2, 0.25) is 0 Å². The maximum absolute atomic E-state index is 12.5. The molecular formula is C20H12O4. The molecule has 4 heteroatoms. The number of rotatable bonds is 2. The highest BCUT2D eigenvalue weighted by Crippen LogP contribution is 2.28. The first-order valence-corrected chi connectivity index (χ1v) is 7.43. The van der Waals surface area contributed by atoms with E-state index in [0.29, 0.717) is 22.3 Å². The van der Waals surface area contributed by atoms with Crippen LogP contribution in [0, 0.1) is 0 Å². The normalized spacial score (nSPS) is 11.0. The zero-order valence-corrected chi connectivity index (χ0v) is 12.5. The van der Waals surface area contributed by atoms with E-state index < -0.39 is 5.97 Å². The predicted octanol–water partition coefficient (Wildman–Crippen LogP) is 4.31. The van der Waals surface area contributed by atoms with Crippen molar-refractivity contribution in [1.29, 1.82) is 0 Å². The van der Waals surface area contributed by atoms with Gasteiger partial charge in [-0.05, 0) is 23.6 Å². The molecule has 0 fully saturated rings. The van der Waals surface area contributed by atoms with Crippen LogP contribution in [-0.2, 0) is 0 Å². The van der Waals surface area contributed by atoms with Gasteiger partial charge in [0, 0.05) is 17.0 Å². The Kier molecular flexibility index (Phi) is 3.17. The second-order valence-corrected chi connectivity index (χ2v) is 5.52. The molecule has 1 N–H and O–H groups in total. The number of carbonyl (C=O) groups is 1. The third-order valence-electron chi connectivity index (χ3n) is 4.01. The van der Waals surface area contributed by atoms with E-state index in [-0.39, 0.29) is 11.0 Å². The first-order valence-electron chi connectivity index (χ1n) is 7.43. The summed E-state index contributed by atoms with van der Waals surface area (Å²) in [6.45, 7) is 0. The molecule has 0 aliphatic carbocycles. The molecule has 0 unspecified atom stereocenters. The maximum Gasteiger partial charge on any atom is 0.335 e. The van der Waals surface area contributed by atoms with Gasteiger partial charge in [-0.3, -0.25) is 4.79 Å². The Morgan fingerprint density at radius 2 is 1.71 bits per heavy atom. The fraction of sp³-hybridized carbons (Fsp3) is 0. The van der Waals surface area contributed by atoms with Gasteiger partial charge in [0.2, 0.25) is 0 Å². The lowest BCUT2D eigenvalue weighted by molar-refractivity contribution is 0.0697. The standard InChI is InChI=1S/C20H12O4/c21-17-11-18(13-5-3-6-14(10-13)20(22)23)24-19-15-7-2-1-4-12(15)8-9-16(17)19/h1-11H,(H,22,23). The topological polar surface area (TPSA) is 67.5 Å². The lowest BCUT2D eigenvalue weighted by Gasteiger charge is -2.06. The third kappa shape index (κ3) is 2.25. The monoisotopic (exact) mass is 316 g/mol. The molecule has 1 aromatic heterocycles. The molecule has 0 saturated heterocycles. The number of hydrogen-bond donors (Lipinski definition) is 1. The smallest absolute Gasteiger partial charge is 0.335 e. The van der Waals surface area contributed by atoms with Crippen molar-refractivity contribution >= 4 is 27.7 Å². The van der Waals surface area contributed by atoms with Gasteiger partial charge in [0.15, 0.2) is 5.43 Å². The van der Waals surface area contributed by atoms with Gasteiger partial charge in [0.1, 0.15) is 11.3 Å². The van der Waals surface area contributed by atoms with Crippen molar-refractivity contribution in [2.24, 2.45) is 0 Å². The zero-order chi connectivity index (χ0) is 16.7. The number of benzene rings is 3. The van der Waals surface area contributed by atoms with Crippen molar-refractivity contribution in [1.82, 2.24) is 0 Å². The molecule has 0 atom stereocenters. The Morgan fingerprint density at radius 3 is 2.54 bits per heavy atom. The number of fused-ring (bicyclic) bond motifs is 3. The van der Waals surface area contributed by atoms with E-state index in [1.54, 1.807) is 18.2 Å². The molecule has 0 aliphatic heterocycles. The lowest BCUT2D eigenvalue weighted by atomic mass is 10.0. The molecule has 24 heavy (non-hydrogen) atoms. The summed E-state index contributed by atoms with van der Waals surface area (Å²) in [7, 11) is 0. The summed E-state index contributed by atoms with van der Waals surface area (Å²) >= 11 is 0. The van der Waals surface area contributed by atoms with Crippen LogP contribution in [-0.4, -0.2) is 11.1 Å². The van der Waals surface area contributed by atoms with Crippen LogP contribution in [0.15, 0.2) is 75.9 Å². The second kappa shape index (κ2) is 5.35. The van der Waals surface area contributed by atoms with Crippen molar-refractivity contribution < 1.29 is 14.3 Å². The van der Waals surface area contributed by atoms with Crippen molar-refractivity contribution in [3.8, 4) is 11.3 Å². The molecule has 4 nitrogen and oxygen atoms in total. The van der Waals surface area contributed by atoms with E-state index in [0.717, 1.165) is 10.8 Å². The van der Waals surface area contributed by atoms with Crippen LogP contribution in [0.1, 0.15) is 10.4 Å². The average Bonchev–Trinajstić information content (AvgIpc) is 2.61. The van der Waals surface area contributed by atoms with Crippen LogP contribution in [0.3, 0.4) is 0 Å². The van der Waals surface area contributed by atoms with Gasteiger partial charge in [0.05, 0.1) is 10.9 Å². The minimum absolute atomic E-state index is 0.146. The number of aromatic carboxylic acids is 1. The quantitative estimate of drug-likeness (QED) is 0.559. The van der Waals surface area contributed by atoms with Gasteiger partial charge in [-0.15, -0.1) is 0 Å². The molecule has 3 aromatic carbocycles. The SMILES string of the molecule is O=C(O)c1cccc(-c2cc(=O)c3ccc4ccccc4c3o2)c1. The molecule has 0 aliphatic rings. The summed E-state index contributed by atoms with van der Waals surface area (Å²) in [4.78, 5) is 23.6. The largest absolute Gasteiger partial charge is 0.478 e. The van der Waals surface area contributed by atoms with Crippen LogP contribution < -0.4 is 5.43 Å². The zero-order valence-electron chi connectivity index (χ0n) is 12.5. The Bertz CT molecular complexity index is 1160. The fourth-order valence-electron chi connectivity index (χ4n) is 2.83. The second-order valence-electron chi connectivity index (χ2n) is 5.52. The van der Waals surface area contributed by atoms with Crippen molar-refractivity contribution in [3.63, 3.8) is 0 Å². The highest BCUT2D eigenvalue weighted by molar-refractivity contribution is 6.04. The van der Waals surface area contributed by atoms with Crippen molar-refractivity contribution in [3.05, 3.63) is 82.5 Å². The Labute approximate surface area is 136 Å². The van der Waals surface area contributed by atoms with Crippen molar-refractivity contribution in [2.75, 3.05) is 0 Å². The number of carboxylic acid groups (broad SMARTS) is 1. The third-order valence-corrected chi connectivity index (χ3v) is 4.01. The molecule has 0 spiro atoms. The van der Waals surface area contributed by atoms with Crippen LogP contribution in [0.4, 0.5) is 0 Å². The van der Waals surface area contributed by atoms with Gasteiger partial charge in [-0.25, -0.2) is 4.79 Å². The first kappa shape index (κ1) is 14.2. The molecule has 1 heterocycles. The van der Waals surface area contributed by atoms with E-state index in [1.807, 2.05) is 30.3 Å². The van der Waals surface area contributed by atoms with Gasteiger partial charge >= 0.3 is 5.97 Å². The summed E-state index contributed by atoms with van der Waals surface area (Å²) in [5.74, 6) is -0.669. The minimum atomic E-state index is -1.02. The molecule has 116 valence electrons. The van der Waals surface area contributed by atoms with E-state index >= 15 is 0 Å². The van der Waals surface area contributed by atoms with Crippen LogP contribution in [0.5, 0.6) is 0 Å². The number of carboxylic acids is 1. The fourth-order valence-corrected chi connectivity index (χ4v) is 2.83. The Morgan fingerprint density at radius 1 is 0.875 bits per heavy atom. The first-order chi connectivity index (χ1) is 11.6. The molecule has 0 bridgehead atoms. The van der Waals surface area contributed by atoms with Gasteiger partial charge < -0.3 is 9.52 Å². The highest BCUT2D eigenvalue weighted by atomic mass is 16.4. The predicted molar refractivity (Wildman–Crippen MR) is 92.4 cm³/mol. The van der Waals surface area contributed by atoms with Crippen LogP contribution in [0.25, 0.3) is 33.1 Å². The Balaban J connectivity index is 2.04. The molecule has 0 radical (unpaired) electrons. The summed E-state index contributed by atoms with van der Waals surface area (Å²) in [5.41, 5.74) is 1.06. The van der Waals surface area contributed by atoms with E-state index in [9.17, 15) is 9.59 Å². The maximum atomic E-state index is 12.5. The lowest BCUT2D eigenvalue weighted by Crippen LogP contribution is -2.01. The summed E-state index contributed by atoms with van der Waals surface area (Å²) in [6.07, 6.45) is 0. The minimum Gasteiger partial charge on any atom is -0.478 e. The van der Waals surface area contributed by atoms with Crippen molar-refractivity contribution in [2.45, 2.75) is 0 Å². The molecule has 4 aromatic rings. The van der Waals surface area contributed by atoms with E-state index in [2.05, 4.69) is 0 Å². The molecule has 0 saturated carbocycles. The van der Waals surface area contributed by atoms with Gasteiger partial charge in [-0.1, -0.05) is 42.5 Å². The van der Waals surface area contributed by atoms with Gasteiger partial charge in [-0.2, -0.15) is 0 Å². The molecule has 4 rings (SSSR count). The molecular weight excluding hydrogens is 304 g/mol. The highest BCUT2D eigenvalue weighted by Gasteiger charge is 2.11. The number of hydrogen-bond acceptors (Lipinski definition) is 3. The summed E-state index contributed by atoms with van der Waals surface area (Å²) < 4.78 is 5.98. The Hall–Kier alpha value is -3.40. The van der Waals surface area contributed by atoms with Gasteiger partial charge in [0.25, 0.3) is 0 Å². The molecule has 0 amide bonds. The van der Waals surface area contributed by atoms with Crippen LogP contribution >= 0.6 is 0 Å². The van der Waals surface area contributed by atoms with E-state index in [4.69, 9.17) is 9.52 Å². The summed E-state index contributed by atoms with van der Waals surface area (Å²) in [6, 6.07) is 19.1. The summed E-state index contributed by atoms with van der Waals surface area (Å²) in [5, 5.41) is 11.5.